The van der Waals surface area contributed by atoms with Gasteiger partial charge in [0, 0.05) is 18.8 Å². The van der Waals surface area contributed by atoms with Crippen LogP contribution in [0.2, 0.25) is 0 Å². The van der Waals surface area contributed by atoms with Crippen LogP contribution in [0.4, 0.5) is 11.6 Å². The SMILES string of the molecule is CCCCn1nnnc1NCc1cccc(OCC(=O)Nc2ccc(C)cc2)c1. The molecule has 1 heterocycles. The molecule has 2 aromatic carbocycles. The molecular weight excluding hydrogens is 368 g/mol. The van der Waals surface area contributed by atoms with Crippen molar-refractivity contribution in [3.63, 3.8) is 0 Å². The number of carbonyl (C=O) groups is 1. The van der Waals surface area contributed by atoms with E-state index in [1.165, 1.54) is 0 Å². The number of tetrazole rings is 1. The summed E-state index contributed by atoms with van der Waals surface area (Å²) < 4.78 is 7.40. The summed E-state index contributed by atoms with van der Waals surface area (Å²) in [6.07, 6.45) is 2.10. The second kappa shape index (κ2) is 10.2. The molecule has 152 valence electrons. The zero-order valence-electron chi connectivity index (χ0n) is 16.8. The van der Waals surface area contributed by atoms with Crippen molar-refractivity contribution in [1.29, 1.82) is 0 Å². The van der Waals surface area contributed by atoms with Crippen LogP contribution in [0, 0.1) is 6.92 Å². The van der Waals surface area contributed by atoms with Gasteiger partial charge in [-0.25, -0.2) is 4.68 Å². The molecule has 0 aliphatic heterocycles. The average molecular weight is 394 g/mol. The molecule has 3 aromatic rings. The zero-order chi connectivity index (χ0) is 20.5. The molecule has 1 aromatic heterocycles. The fraction of sp³-hybridized carbons (Fsp3) is 0.333. The van der Waals surface area contributed by atoms with E-state index in [2.05, 4.69) is 33.1 Å². The summed E-state index contributed by atoms with van der Waals surface area (Å²) in [6, 6.07) is 15.2. The van der Waals surface area contributed by atoms with Crippen LogP contribution >= 0.6 is 0 Å². The van der Waals surface area contributed by atoms with E-state index < -0.39 is 0 Å². The summed E-state index contributed by atoms with van der Waals surface area (Å²) in [6.45, 7) is 5.41. The Morgan fingerprint density at radius 3 is 2.79 bits per heavy atom. The molecule has 2 N–H and O–H groups in total. The number of aryl methyl sites for hydroxylation is 2. The molecule has 29 heavy (non-hydrogen) atoms. The number of nitrogens with zero attached hydrogens (tertiary/aromatic N) is 4. The van der Waals surface area contributed by atoms with Gasteiger partial charge in [-0.3, -0.25) is 4.79 Å². The Hall–Kier alpha value is -3.42. The summed E-state index contributed by atoms with van der Waals surface area (Å²) >= 11 is 0. The Morgan fingerprint density at radius 1 is 1.17 bits per heavy atom. The van der Waals surface area contributed by atoms with E-state index >= 15 is 0 Å². The summed E-state index contributed by atoms with van der Waals surface area (Å²) in [5, 5.41) is 17.8. The number of unbranched alkanes of at least 4 members (excludes halogenated alkanes) is 1. The summed E-state index contributed by atoms with van der Waals surface area (Å²) in [5.74, 6) is 1.07. The van der Waals surface area contributed by atoms with E-state index in [0.29, 0.717) is 18.2 Å². The Kier molecular flexibility index (Phi) is 7.16. The highest BCUT2D eigenvalue weighted by Crippen LogP contribution is 2.15. The first-order valence-electron chi connectivity index (χ1n) is 9.72. The number of amides is 1. The van der Waals surface area contributed by atoms with E-state index in [-0.39, 0.29) is 12.5 Å². The molecule has 0 spiro atoms. The smallest absolute Gasteiger partial charge is 0.262 e. The van der Waals surface area contributed by atoms with Crippen molar-refractivity contribution in [2.24, 2.45) is 0 Å². The number of nitrogens with one attached hydrogen (secondary N) is 2. The van der Waals surface area contributed by atoms with Gasteiger partial charge in [0.2, 0.25) is 5.95 Å². The minimum Gasteiger partial charge on any atom is -0.484 e. The molecule has 0 unspecified atom stereocenters. The summed E-state index contributed by atoms with van der Waals surface area (Å²) in [7, 11) is 0. The number of benzene rings is 2. The standard InChI is InChI=1S/C21H26N6O2/c1-3-4-12-27-21(24-25-26-27)22-14-17-6-5-7-19(13-17)29-15-20(28)23-18-10-8-16(2)9-11-18/h5-11,13H,3-4,12,14-15H2,1-2H3,(H,23,28)(H,22,24,26). The minimum absolute atomic E-state index is 0.0555. The number of aromatic nitrogens is 4. The lowest BCUT2D eigenvalue weighted by Crippen LogP contribution is -2.20. The molecule has 1 amide bonds. The topological polar surface area (TPSA) is 94.0 Å². The van der Waals surface area contributed by atoms with Gasteiger partial charge in [0.1, 0.15) is 5.75 Å². The second-order valence-corrected chi connectivity index (χ2v) is 6.78. The number of hydrogen-bond acceptors (Lipinski definition) is 6. The van der Waals surface area contributed by atoms with Crippen LogP contribution in [0.25, 0.3) is 0 Å². The normalized spacial score (nSPS) is 10.6. The van der Waals surface area contributed by atoms with Gasteiger partial charge in [0.15, 0.2) is 6.61 Å². The first-order chi connectivity index (χ1) is 14.1. The van der Waals surface area contributed by atoms with Gasteiger partial charge in [-0.05, 0) is 53.6 Å². The number of rotatable bonds is 10. The van der Waals surface area contributed by atoms with Crippen molar-refractivity contribution in [2.45, 2.75) is 39.8 Å². The van der Waals surface area contributed by atoms with Gasteiger partial charge in [0.05, 0.1) is 0 Å². The van der Waals surface area contributed by atoms with Crippen molar-refractivity contribution in [1.82, 2.24) is 20.2 Å². The molecule has 0 saturated heterocycles. The van der Waals surface area contributed by atoms with Gasteiger partial charge < -0.3 is 15.4 Å². The van der Waals surface area contributed by atoms with Crippen LogP contribution in [-0.4, -0.2) is 32.7 Å². The zero-order valence-corrected chi connectivity index (χ0v) is 16.8. The quantitative estimate of drug-likeness (QED) is 0.547. The van der Waals surface area contributed by atoms with Crippen LogP contribution in [0.15, 0.2) is 48.5 Å². The lowest BCUT2D eigenvalue weighted by molar-refractivity contribution is -0.118. The van der Waals surface area contributed by atoms with Crippen LogP contribution < -0.4 is 15.4 Å². The molecule has 3 rings (SSSR count). The highest BCUT2D eigenvalue weighted by molar-refractivity contribution is 5.91. The summed E-state index contributed by atoms with van der Waals surface area (Å²) in [5.41, 5.74) is 2.90. The third kappa shape index (κ3) is 6.31. The monoisotopic (exact) mass is 394 g/mol. The van der Waals surface area contributed by atoms with Gasteiger partial charge in [-0.2, -0.15) is 0 Å². The predicted molar refractivity (Wildman–Crippen MR) is 112 cm³/mol. The molecule has 0 aliphatic rings. The maximum atomic E-state index is 12.1. The number of carbonyl (C=O) groups excluding carboxylic acids is 1. The number of anilines is 2. The van der Waals surface area contributed by atoms with Crippen LogP contribution in [0.5, 0.6) is 5.75 Å². The van der Waals surface area contributed by atoms with Crippen LogP contribution in [0.1, 0.15) is 30.9 Å². The largest absolute Gasteiger partial charge is 0.484 e. The van der Waals surface area contributed by atoms with Crippen LogP contribution in [-0.2, 0) is 17.9 Å². The Bertz CT molecular complexity index is 923. The van der Waals surface area contributed by atoms with Crippen molar-refractivity contribution < 1.29 is 9.53 Å². The van der Waals surface area contributed by atoms with Gasteiger partial charge in [0.25, 0.3) is 5.91 Å². The molecule has 8 heteroatoms. The lowest BCUT2D eigenvalue weighted by atomic mass is 10.2. The van der Waals surface area contributed by atoms with Crippen molar-refractivity contribution >= 4 is 17.5 Å². The van der Waals surface area contributed by atoms with E-state index in [4.69, 9.17) is 4.74 Å². The molecule has 0 aliphatic carbocycles. The molecule has 0 fully saturated rings. The molecule has 0 saturated carbocycles. The maximum Gasteiger partial charge on any atom is 0.262 e. The molecule has 0 bridgehead atoms. The van der Waals surface area contributed by atoms with E-state index in [1.54, 1.807) is 4.68 Å². The van der Waals surface area contributed by atoms with Crippen molar-refractivity contribution in [3.8, 4) is 5.75 Å². The molecule has 8 nitrogen and oxygen atoms in total. The first kappa shape index (κ1) is 20.3. The summed E-state index contributed by atoms with van der Waals surface area (Å²) in [4.78, 5) is 12.1. The van der Waals surface area contributed by atoms with E-state index in [9.17, 15) is 4.79 Å². The highest BCUT2D eigenvalue weighted by atomic mass is 16.5. The van der Waals surface area contributed by atoms with Gasteiger partial charge in [-0.1, -0.05) is 48.3 Å². The highest BCUT2D eigenvalue weighted by Gasteiger charge is 2.07. The maximum absolute atomic E-state index is 12.1. The fourth-order valence-corrected chi connectivity index (χ4v) is 2.70. The predicted octanol–water partition coefficient (Wildman–Crippen LogP) is 3.41. The van der Waals surface area contributed by atoms with Gasteiger partial charge >= 0.3 is 0 Å². The van der Waals surface area contributed by atoms with E-state index in [1.807, 2.05) is 55.5 Å². The van der Waals surface area contributed by atoms with Crippen molar-refractivity contribution in [3.05, 3.63) is 59.7 Å². The Morgan fingerprint density at radius 2 is 2.00 bits per heavy atom. The minimum atomic E-state index is -0.201. The third-order valence-electron chi connectivity index (χ3n) is 4.31. The van der Waals surface area contributed by atoms with Crippen LogP contribution in [0.3, 0.4) is 0 Å². The van der Waals surface area contributed by atoms with E-state index in [0.717, 1.165) is 36.2 Å². The first-order valence-corrected chi connectivity index (χ1v) is 9.72. The van der Waals surface area contributed by atoms with Gasteiger partial charge in [-0.15, -0.1) is 0 Å². The lowest BCUT2D eigenvalue weighted by Gasteiger charge is -2.10. The molecule has 0 radical (unpaired) electrons. The second-order valence-electron chi connectivity index (χ2n) is 6.78. The third-order valence-corrected chi connectivity index (χ3v) is 4.31. The number of ether oxygens (including phenoxy) is 1. The molecule has 0 atom stereocenters. The average Bonchev–Trinajstić information content (AvgIpc) is 3.18. The Balaban J connectivity index is 1.49. The number of hydrogen-bond donors (Lipinski definition) is 2. The van der Waals surface area contributed by atoms with Crippen molar-refractivity contribution in [2.75, 3.05) is 17.2 Å². The molecular formula is C21H26N6O2. The fourth-order valence-electron chi connectivity index (χ4n) is 2.70. The Labute approximate surface area is 170 Å².